The van der Waals surface area contributed by atoms with Crippen molar-refractivity contribution < 1.29 is 19.1 Å². The average molecular weight is 408 g/mol. The highest BCUT2D eigenvalue weighted by Gasteiger charge is 2.35. The number of piperidine rings is 1. The second-order valence-corrected chi connectivity index (χ2v) is 7.88. The van der Waals surface area contributed by atoms with Gasteiger partial charge in [0.1, 0.15) is 6.04 Å². The van der Waals surface area contributed by atoms with Crippen molar-refractivity contribution in [3.63, 3.8) is 0 Å². The van der Waals surface area contributed by atoms with Crippen LogP contribution in [0.4, 0.5) is 0 Å². The molecule has 1 N–H and O–H groups in total. The van der Waals surface area contributed by atoms with E-state index in [2.05, 4.69) is 5.32 Å². The summed E-state index contributed by atoms with van der Waals surface area (Å²) in [4.78, 5) is 28.1. The van der Waals surface area contributed by atoms with Gasteiger partial charge in [-0.2, -0.15) is 0 Å². The highest BCUT2D eigenvalue weighted by Crippen LogP contribution is 2.25. The van der Waals surface area contributed by atoms with Gasteiger partial charge in [0, 0.05) is 31.0 Å². The first-order valence-electron chi connectivity index (χ1n) is 10.6. The molecule has 2 fully saturated rings. The van der Waals surface area contributed by atoms with E-state index in [0.29, 0.717) is 38.3 Å². The van der Waals surface area contributed by atoms with Gasteiger partial charge in [0.25, 0.3) is 5.91 Å². The maximum Gasteiger partial charge on any atom is 0.251 e. The van der Waals surface area contributed by atoms with Crippen LogP contribution in [0.2, 0.25) is 0 Å². The molecular weight excluding hydrogens is 380 g/mol. The van der Waals surface area contributed by atoms with Crippen molar-refractivity contribution in [2.75, 3.05) is 26.3 Å². The molecular formula is C24H28N2O4. The molecule has 0 aromatic heterocycles. The van der Waals surface area contributed by atoms with Gasteiger partial charge in [-0.05, 0) is 30.5 Å². The van der Waals surface area contributed by atoms with E-state index in [1.54, 1.807) is 12.1 Å². The number of amides is 2. The number of ether oxygens (including phenoxy) is 2. The summed E-state index contributed by atoms with van der Waals surface area (Å²) in [5, 5.41) is 2.97. The van der Waals surface area contributed by atoms with Crippen LogP contribution in [0.25, 0.3) is 0 Å². The topological polar surface area (TPSA) is 67.9 Å². The van der Waals surface area contributed by atoms with E-state index >= 15 is 0 Å². The third-order valence-corrected chi connectivity index (χ3v) is 5.72. The van der Waals surface area contributed by atoms with Crippen LogP contribution >= 0.6 is 0 Å². The van der Waals surface area contributed by atoms with Gasteiger partial charge in [0.2, 0.25) is 5.91 Å². The first-order chi connectivity index (χ1) is 14.7. The minimum Gasteiger partial charge on any atom is -0.350 e. The molecule has 6 heteroatoms. The molecule has 6 nitrogen and oxygen atoms in total. The number of likely N-dealkylation sites (tertiary alicyclic amines) is 1. The van der Waals surface area contributed by atoms with Crippen LogP contribution in [-0.4, -0.2) is 55.3 Å². The van der Waals surface area contributed by atoms with Crippen molar-refractivity contribution in [1.82, 2.24) is 10.2 Å². The van der Waals surface area contributed by atoms with E-state index in [1.165, 1.54) is 0 Å². The molecule has 2 aliphatic heterocycles. The molecule has 4 rings (SSSR count). The van der Waals surface area contributed by atoms with Crippen molar-refractivity contribution >= 4 is 11.8 Å². The SMILES string of the molecule is O=C(NC(Cc1ccccc1)C(=O)N1CCCC(C2OCCO2)C1)c1ccccc1. The minimum absolute atomic E-state index is 0.0502. The van der Waals surface area contributed by atoms with Gasteiger partial charge >= 0.3 is 0 Å². The Hall–Kier alpha value is -2.70. The smallest absolute Gasteiger partial charge is 0.251 e. The third kappa shape index (κ3) is 5.07. The summed E-state index contributed by atoms with van der Waals surface area (Å²) in [7, 11) is 0. The highest BCUT2D eigenvalue weighted by molar-refractivity contribution is 5.97. The van der Waals surface area contributed by atoms with Crippen molar-refractivity contribution in [3.8, 4) is 0 Å². The summed E-state index contributed by atoms with van der Waals surface area (Å²) in [5.41, 5.74) is 1.56. The Morgan fingerprint density at radius 1 is 1.00 bits per heavy atom. The number of rotatable bonds is 6. The quantitative estimate of drug-likeness (QED) is 0.798. The van der Waals surface area contributed by atoms with Crippen LogP contribution in [0.1, 0.15) is 28.8 Å². The standard InChI is InChI=1S/C24H28N2O4/c27-22(19-10-5-2-6-11-19)25-21(16-18-8-3-1-4-9-18)23(28)26-13-7-12-20(17-26)24-29-14-15-30-24/h1-6,8-11,20-21,24H,7,12-17H2,(H,25,27). The second-order valence-electron chi connectivity index (χ2n) is 7.88. The molecule has 2 unspecified atom stereocenters. The Bertz CT molecular complexity index is 837. The predicted octanol–water partition coefficient (Wildman–Crippen LogP) is 2.64. The van der Waals surface area contributed by atoms with Crippen LogP contribution in [-0.2, 0) is 20.7 Å². The number of nitrogens with one attached hydrogen (secondary N) is 1. The predicted molar refractivity (Wildman–Crippen MR) is 113 cm³/mol. The number of hydrogen-bond acceptors (Lipinski definition) is 4. The van der Waals surface area contributed by atoms with Crippen LogP contribution in [0, 0.1) is 5.92 Å². The molecule has 2 aromatic rings. The number of carbonyl (C=O) groups excluding carboxylic acids is 2. The number of hydrogen-bond donors (Lipinski definition) is 1. The van der Waals surface area contributed by atoms with Gasteiger partial charge in [-0.3, -0.25) is 9.59 Å². The second kappa shape index (κ2) is 9.87. The maximum absolute atomic E-state index is 13.5. The molecule has 2 aromatic carbocycles. The molecule has 2 heterocycles. The minimum atomic E-state index is -0.621. The lowest BCUT2D eigenvalue weighted by Crippen LogP contribution is -2.53. The first kappa shape index (κ1) is 20.6. The molecule has 2 aliphatic rings. The van der Waals surface area contributed by atoms with Crippen LogP contribution in [0.15, 0.2) is 60.7 Å². The number of benzene rings is 2. The highest BCUT2D eigenvalue weighted by atomic mass is 16.7. The first-order valence-corrected chi connectivity index (χ1v) is 10.6. The normalized spacial score (nSPS) is 20.7. The van der Waals surface area contributed by atoms with Crippen molar-refractivity contribution in [2.45, 2.75) is 31.6 Å². The van der Waals surface area contributed by atoms with Gasteiger partial charge in [0.15, 0.2) is 6.29 Å². The molecule has 2 saturated heterocycles. The third-order valence-electron chi connectivity index (χ3n) is 5.72. The van der Waals surface area contributed by atoms with E-state index in [9.17, 15) is 9.59 Å². The fraction of sp³-hybridized carbons (Fsp3) is 0.417. The fourth-order valence-corrected chi connectivity index (χ4v) is 4.18. The fourth-order valence-electron chi connectivity index (χ4n) is 4.18. The van der Waals surface area contributed by atoms with E-state index in [-0.39, 0.29) is 24.0 Å². The Kier molecular flexibility index (Phi) is 6.77. The van der Waals surface area contributed by atoms with Gasteiger partial charge in [-0.15, -0.1) is 0 Å². The molecule has 0 bridgehead atoms. The molecule has 158 valence electrons. The lowest BCUT2D eigenvalue weighted by molar-refractivity contribution is -0.141. The molecule has 0 spiro atoms. The van der Waals surface area contributed by atoms with E-state index in [4.69, 9.17) is 9.47 Å². The lowest BCUT2D eigenvalue weighted by atomic mass is 9.95. The van der Waals surface area contributed by atoms with Gasteiger partial charge < -0.3 is 19.7 Å². The number of carbonyl (C=O) groups is 2. The molecule has 2 amide bonds. The molecule has 0 aliphatic carbocycles. The summed E-state index contributed by atoms with van der Waals surface area (Å²) in [6.07, 6.45) is 2.11. The van der Waals surface area contributed by atoms with Gasteiger partial charge in [0.05, 0.1) is 13.2 Å². The monoisotopic (exact) mass is 408 g/mol. The zero-order valence-electron chi connectivity index (χ0n) is 17.0. The zero-order valence-corrected chi connectivity index (χ0v) is 17.0. The van der Waals surface area contributed by atoms with E-state index in [1.807, 2.05) is 53.4 Å². The Labute approximate surface area is 177 Å². The van der Waals surface area contributed by atoms with Crippen LogP contribution in [0.5, 0.6) is 0 Å². The summed E-state index contributed by atoms with van der Waals surface area (Å²) in [6, 6.07) is 18.2. The lowest BCUT2D eigenvalue weighted by Gasteiger charge is -2.36. The molecule has 30 heavy (non-hydrogen) atoms. The maximum atomic E-state index is 13.5. The van der Waals surface area contributed by atoms with Gasteiger partial charge in [-0.1, -0.05) is 48.5 Å². The molecule has 2 atom stereocenters. The molecule has 0 radical (unpaired) electrons. The van der Waals surface area contributed by atoms with Gasteiger partial charge in [-0.25, -0.2) is 0 Å². The van der Waals surface area contributed by atoms with Crippen molar-refractivity contribution in [2.24, 2.45) is 5.92 Å². The van der Waals surface area contributed by atoms with Crippen LogP contribution < -0.4 is 5.32 Å². The average Bonchev–Trinajstić information content (AvgIpc) is 3.35. The van der Waals surface area contributed by atoms with Crippen molar-refractivity contribution in [1.29, 1.82) is 0 Å². The Morgan fingerprint density at radius 3 is 2.37 bits per heavy atom. The molecule has 0 saturated carbocycles. The van der Waals surface area contributed by atoms with Crippen LogP contribution in [0.3, 0.4) is 0 Å². The largest absolute Gasteiger partial charge is 0.350 e. The van der Waals surface area contributed by atoms with Crippen molar-refractivity contribution in [3.05, 3.63) is 71.8 Å². The summed E-state index contributed by atoms with van der Waals surface area (Å²) >= 11 is 0. The van der Waals surface area contributed by atoms with E-state index < -0.39 is 6.04 Å². The summed E-state index contributed by atoms with van der Waals surface area (Å²) < 4.78 is 11.3. The Balaban J connectivity index is 1.48. The van der Waals surface area contributed by atoms with E-state index in [0.717, 1.165) is 18.4 Å². The number of nitrogens with zero attached hydrogens (tertiary/aromatic N) is 1. The zero-order chi connectivity index (χ0) is 20.8. The summed E-state index contributed by atoms with van der Waals surface area (Å²) in [6.45, 7) is 2.50. The summed E-state index contributed by atoms with van der Waals surface area (Å²) in [5.74, 6) is -0.112. The Morgan fingerprint density at radius 2 is 1.67 bits per heavy atom.